The lowest BCUT2D eigenvalue weighted by Crippen LogP contribution is -2.20. The van der Waals surface area contributed by atoms with Gasteiger partial charge in [0.05, 0.1) is 5.39 Å². The van der Waals surface area contributed by atoms with E-state index in [1.165, 1.54) is 6.26 Å². The summed E-state index contributed by atoms with van der Waals surface area (Å²) in [5, 5.41) is 3.72. The molecule has 0 aliphatic heterocycles. The summed E-state index contributed by atoms with van der Waals surface area (Å²) >= 11 is 5.95. The molecule has 4 aromatic carbocycles. The standard InChI is InChI=1S/C30H22ClNO5/c1-19-15-22(31)9-14-26(19)32-29(33)18-35-24-12-13-25-27(16-24)36-17-28(30(25)34)37-23-10-7-21(8-11-23)20-5-3-2-4-6-20/h2-17H,18H2,1H3,(H,32,33). The maximum absolute atomic E-state index is 13.0. The Morgan fingerprint density at radius 1 is 0.892 bits per heavy atom. The number of ether oxygens (including phenoxy) is 2. The van der Waals surface area contributed by atoms with Crippen LogP contribution in [0.3, 0.4) is 0 Å². The number of carbonyl (C=O) groups excluding carboxylic acids is 1. The van der Waals surface area contributed by atoms with E-state index in [9.17, 15) is 9.59 Å². The summed E-state index contributed by atoms with van der Waals surface area (Å²) in [4.78, 5) is 25.3. The monoisotopic (exact) mass is 511 g/mol. The summed E-state index contributed by atoms with van der Waals surface area (Å²) < 4.78 is 17.0. The fraction of sp³-hybridized carbons (Fsp3) is 0.0667. The quantitative estimate of drug-likeness (QED) is 0.249. The second-order valence-electron chi connectivity index (χ2n) is 8.38. The van der Waals surface area contributed by atoms with E-state index in [0.717, 1.165) is 16.7 Å². The maximum atomic E-state index is 13.0. The predicted octanol–water partition coefficient (Wildman–Crippen LogP) is 7.23. The number of hydrogen-bond acceptors (Lipinski definition) is 5. The molecule has 184 valence electrons. The van der Waals surface area contributed by atoms with E-state index in [1.54, 1.807) is 48.5 Å². The normalized spacial score (nSPS) is 10.8. The minimum Gasteiger partial charge on any atom is -0.484 e. The lowest BCUT2D eigenvalue weighted by molar-refractivity contribution is -0.118. The molecule has 1 N–H and O–H groups in total. The third kappa shape index (κ3) is 5.66. The fourth-order valence-corrected chi connectivity index (χ4v) is 4.05. The summed E-state index contributed by atoms with van der Waals surface area (Å²) in [7, 11) is 0. The van der Waals surface area contributed by atoms with Crippen LogP contribution in [0, 0.1) is 6.92 Å². The molecule has 0 saturated carbocycles. The molecular weight excluding hydrogens is 490 g/mol. The molecule has 0 fully saturated rings. The molecule has 37 heavy (non-hydrogen) atoms. The average Bonchev–Trinajstić information content (AvgIpc) is 2.91. The van der Waals surface area contributed by atoms with Crippen molar-refractivity contribution in [3.8, 4) is 28.4 Å². The van der Waals surface area contributed by atoms with Gasteiger partial charge in [-0.25, -0.2) is 0 Å². The van der Waals surface area contributed by atoms with Crippen LogP contribution in [0.1, 0.15) is 5.56 Å². The van der Waals surface area contributed by atoms with Gasteiger partial charge in [0, 0.05) is 16.8 Å². The number of halogens is 1. The van der Waals surface area contributed by atoms with E-state index in [1.807, 2.05) is 49.4 Å². The summed E-state index contributed by atoms with van der Waals surface area (Å²) in [5.41, 5.74) is 3.65. The Morgan fingerprint density at radius 3 is 2.38 bits per heavy atom. The van der Waals surface area contributed by atoms with Crippen molar-refractivity contribution in [2.75, 3.05) is 11.9 Å². The van der Waals surface area contributed by atoms with Gasteiger partial charge in [0.2, 0.25) is 11.2 Å². The van der Waals surface area contributed by atoms with Gasteiger partial charge in [-0.2, -0.15) is 0 Å². The zero-order valence-corrected chi connectivity index (χ0v) is 20.6. The van der Waals surface area contributed by atoms with Crippen LogP contribution in [0.15, 0.2) is 106 Å². The highest BCUT2D eigenvalue weighted by molar-refractivity contribution is 6.30. The third-order valence-electron chi connectivity index (χ3n) is 5.74. The number of anilines is 1. The number of fused-ring (bicyclic) bond motifs is 1. The number of hydrogen-bond donors (Lipinski definition) is 1. The topological polar surface area (TPSA) is 77.8 Å². The molecule has 0 saturated heterocycles. The van der Waals surface area contributed by atoms with Crippen LogP contribution < -0.4 is 20.2 Å². The lowest BCUT2D eigenvalue weighted by Gasteiger charge is -2.10. The minimum atomic E-state index is -0.325. The molecule has 0 atom stereocenters. The van der Waals surface area contributed by atoms with Crippen molar-refractivity contribution >= 4 is 34.2 Å². The van der Waals surface area contributed by atoms with Gasteiger partial charge in [-0.15, -0.1) is 0 Å². The van der Waals surface area contributed by atoms with E-state index in [0.29, 0.717) is 33.2 Å². The Bertz CT molecular complexity index is 1630. The SMILES string of the molecule is Cc1cc(Cl)ccc1NC(=O)COc1ccc2c(=O)c(Oc3ccc(-c4ccccc4)cc3)coc2c1. The molecule has 7 heteroatoms. The number of aryl methyl sites for hydroxylation is 1. The van der Waals surface area contributed by atoms with Crippen molar-refractivity contribution in [1.29, 1.82) is 0 Å². The molecule has 6 nitrogen and oxygen atoms in total. The largest absolute Gasteiger partial charge is 0.484 e. The molecule has 0 radical (unpaired) electrons. The Balaban J connectivity index is 1.25. The Labute approximate surface area is 218 Å². The highest BCUT2D eigenvalue weighted by Crippen LogP contribution is 2.27. The highest BCUT2D eigenvalue weighted by Gasteiger charge is 2.12. The van der Waals surface area contributed by atoms with Crippen LogP contribution in [0.4, 0.5) is 5.69 Å². The van der Waals surface area contributed by atoms with Gasteiger partial charge in [-0.1, -0.05) is 54.1 Å². The van der Waals surface area contributed by atoms with E-state index < -0.39 is 0 Å². The molecule has 0 aliphatic carbocycles. The minimum absolute atomic E-state index is 0.0753. The number of nitrogens with one attached hydrogen (secondary N) is 1. The summed E-state index contributed by atoms with van der Waals surface area (Å²) in [6, 6.07) is 27.4. The van der Waals surface area contributed by atoms with E-state index in [-0.39, 0.29) is 23.7 Å². The summed E-state index contributed by atoms with van der Waals surface area (Å²) in [5.74, 6) is 0.664. The van der Waals surface area contributed by atoms with Crippen LogP contribution in [0.5, 0.6) is 17.2 Å². The lowest BCUT2D eigenvalue weighted by atomic mass is 10.1. The Kier molecular flexibility index (Phi) is 6.92. The molecule has 5 rings (SSSR count). The Morgan fingerprint density at radius 2 is 1.62 bits per heavy atom. The smallest absolute Gasteiger partial charge is 0.262 e. The molecule has 1 aromatic heterocycles. The van der Waals surface area contributed by atoms with Gasteiger partial charge in [-0.05, 0) is 66.1 Å². The summed E-state index contributed by atoms with van der Waals surface area (Å²) in [6.45, 7) is 1.64. The number of carbonyl (C=O) groups is 1. The Hall–Kier alpha value is -4.55. The van der Waals surface area contributed by atoms with Crippen molar-refractivity contribution in [3.05, 3.63) is 118 Å². The van der Waals surface area contributed by atoms with Crippen LogP contribution in [-0.2, 0) is 4.79 Å². The first-order chi connectivity index (χ1) is 18.0. The molecule has 0 unspecified atom stereocenters. The molecule has 1 heterocycles. The van der Waals surface area contributed by atoms with Gasteiger partial charge >= 0.3 is 0 Å². The maximum Gasteiger partial charge on any atom is 0.262 e. The van der Waals surface area contributed by atoms with Crippen LogP contribution in [-0.4, -0.2) is 12.5 Å². The molecule has 1 amide bonds. The predicted molar refractivity (Wildman–Crippen MR) is 145 cm³/mol. The number of benzene rings is 4. The first-order valence-electron chi connectivity index (χ1n) is 11.5. The van der Waals surface area contributed by atoms with Crippen molar-refractivity contribution in [1.82, 2.24) is 0 Å². The average molecular weight is 512 g/mol. The second kappa shape index (κ2) is 10.6. The van der Waals surface area contributed by atoms with Crippen molar-refractivity contribution in [2.24, 2.45) is 0 Å². The van der Waals surface area contributed by atoms with Gasteiger partial charge in [0.1, 0.15) is 23.3 Å². The number of amides is 1. The number of rotatable bonds is 7. The van der Waals surface area contributed by atoms with E-state index in [2.05, 4.69) is 5.32 Å². The van der Waals surface area contributed by atoms with Crippen LogP contribution in [0.2, 0.25) is 5.02 Å². The summed E-state index contributed by atoms with van der Waals surface area (Å²) in [6.07, 6.45) is 1.27. The van der Waals surface area contributed by atoms with Gasteiger partial charge in [0.25, 0.3) is 5.91 Å². The first kappa shape index (κ1) is 24.2. The van der Waals surface area contributed by atoms with Crippen LogP contribution in [0.25, 0.3) is 22.1 Å². The molecule has 5 aromatic rings. The first-order valence-corrected chi connectivity index (χ1v) is 11.9. The van der Waals surface area contributed by atoms with Crippen molar-refractivity contribution in [3.63, 3.8) is 0 Å². The van der Waals surface area contributed by atoms with E-state index in [4.69, 9.17) is 25.5 Å². The zero-order valence-electron chi connectivity index (χ0n) is 19.9. The van der Waals surface area contributed by atoms with Crippen LogP contribution >= 0.6 is 11.6 Å². The molecular formula is C30H22ClNO5. The van der Waals surface area contributed by atoms with Crippen molar-refractivity contribution in [2.45, 2.75) is 6.92 Å². The van der Waals surface area contributed by atoms with Crippen molar-refractivity contribution < 1.29 is 18.7 Å². The van der Waals surface area contributed by atoms with Gasteiger partial charge < -0.3 is 19.2 Å². The molecule has 0 bridgehead atoms. The zero-order chi connectivity index (χ0) is 25.8. The molecule has 0 spiro atoms. The molecule has 0 aliphatic rings. The highest BCUT2D eigenvalue weighted by atomic mass is 35.5. The van der Waals surface area contributed by atoms with Gasteiger partial charge in [-0.3, -0.25) is 9.59 Å². The third-order valence-corrected chi connectivity index (χ3v) is 5.97. The fourth-order valence-electron chi connectivity index (χ4n) is 3.83. The van der Waals surface area contributed by atoms with Gasteiger partial charge in [0.15, 0.2) is 6.61 Å². The second-order valence-corrected chi connectivity index (χ2v) is 8.81. The van der Waals surface area contributed by atoms with E-state index >= 15 is 0 Å².